The van der Waals surface area contributed by atoms with E-state index in [0.717, 1.165) is 62.8 Å². The van der Waals surface area contributed by atoms with Gasteiger partial charge in [-0.2, -0.15) is 5.10 Å². The SMILES string of the molecule is Cc1nn(-c2ccc(C(=O)N3CCN(CC4CCCO4)CC3)cc2)c(C)c1Cl. The number of aryl methyl sites for hydroxylation is 1. The lowest BCUT2D eigenvalue weighted by Gasteiger charge is -2.35. The lowest BCUT2D eigenvalue weighted by Crippen LogP contribution is -2.50. The summed E-state index contributed by atoms with van der Waals surface area (Å²) >= 11 is 6.24. The van der Waals surface area contributed by atoms with Crippen LogP contribution in [0.2, 0.25) is 5.02 Å². The number of amides is 1. The molecule has 2 aromatic rings. The summed E-state index contributed by atoms with van der Waals surface area (Å²) in [4.78, 5) is 17.2. The van der Waals surface area contributed by atoms with Crippen LogP contribution < -0.4 is 0 Å². The largest absolute Gasteiger partial charge is 0.377 e. The number of rotatable bonds is 4. The molecular weight excluding hydrogens is 376 g/mol. The van der Waals surface area contributed by atoms with Crippen molar-refractivity contribution in [1.82, 2.24) is 19.6 Å². The van der Waals surface area contributed by atoms with Gasteiger partial charge in [-0.05, 0) is 51.0 Å². The first-order valence-electron chi connectivity index (χ1n) is 9.98. The zero-order valence-corrected chi connectivity index (χ0v) is 17.3. The maximum atomic E-state index is 12.9. The highest BCUT2D eigenvalue weighted by molar-refractivity contribution is 6.31. The van der Waals surface area contributed by atoms with E-state index in [1.165, 1.54) is 6.42 Å². The molecule has 1 unspecified atom stereocenters. The van der Waals surface area contributed by atoms with Crippen molar-refractivity contribution in [2.75, 3.05) is 39.3 Å². The summed E-state index contributed by atoms with van der Waals surface area (Å²) in [7, 11) is 0. The molecule has 0 spiro atoms. The van der Waals surface area contributed by atoms with E-state index in [2.05, 4.69) is 10.00 Å². The van der Waals surface area contributed by atoms with Crippen LogP contribution in [0.25, 0.3) is 5.69 Å². The highest BCUT2D eigenvalue weighted by atomic mass is 35.5. The van der Waals surface area contributed by atoms with Crippen molar-refractivity contribution in [1.29, 1.82) is 0 Å². The monoisotopic (exact) mass is 402 g/mol. The van der Waals surface area contributed by atoms with Crippen LogP contribution in [-0.2, 0) is 4.74 Å². The number of benzene rings is 1. The van der Waals surface area contributed by atoms with E-state index in [4.69, 9.17) is 16.3 Å². The Labute approximate surface area is 171 Å². The van der Waals surface area contributed by atoms with Gasteiger partial charge in [-0.3, -0.25) is 9.69 Å². The van der Waals surface area contributed by atoms with Crippen LogP contribution in [0.1, 0.15) is 34.6 Å². The van der Waals surface area contributed by atoms with Crippen LogP contribution in [-0.4, -0.2) is 70.9 Å². The van der Waals surface area contributed by atoms with E-state index in [9.17, 15) is 4.79 Å². The zero-order valence-electron chi connectivity index (χ0n) is 16.5. The summed E-state index contributed by atoms with van der Waals surface area (Å²) in [6.07, 6.45) is 2.70. The van der Waals surface area contributed by atoms with E-state index in [1.54, 1.807) is 0 Å². The number of nitrogens with zero attached hydrogens (tertiary/aromatic N) is 4. The zero-order chi connectivity index (χ0) is 19.7. The van der Waals surface area contributed by atoms with Gasteiger partial charge in [0.25, 0.3) is 5.91 Å². The van der Waals surface area contributed by atoms with Gasteiger partial charge in [0, 0.05) is 44.9 Å². The lowest BCUT2D eigenvalue weighted by atomic mass is 10.1. The fourth-order valence-electron chi connectivity index (χ4n) is 4.01. The topological polar surface area (TPSA) is 50.6 Å². The highest BCUT2D eigenvalue weighted by Crippen LogP contribution is 2.23. The van der Waals surface area contributed by atoms with Crippen molar-refractivity contribution in [3.05, 3.63) is 46.2 Å². The molecule has 150 valence electrons. The van der Waals surface area contributed by atoms with Gasteiger partial charge in [0.05, 0.1) is 28.2 Å². The first-order chi connectivity index (χ1) is 13.5. The van der Waals surface area contributed by atoms with Gasteiger partial charge in [-0.25, -0.2) is 4.68 Å². The molecule has 0 radical (unpaired) electrons. The highest BCUT2D eigenvalue weighted by Gasteiger charge is 2.25. The van der Waals surface area contributed by atoms with Gasteiger partial charge < -0.3 is 9.64 Å². The third kappa shape index (κ3) is 3.95. The maximum absolute atomic E-state index is 12.9. The van der Waals surface area contributed by atoms with Gasteiger partial charge in [0.15, 0.2) is 0 Å². The number of aromatic nitrogens is 2. The average molecular weight is 403 g/mol. The van der Waals surface area contributed by atoms with E-state index in [1.807, 2.05) is 47.7 Å². The molecule has 2 fully saturated rings. The van der Waals surface area contributed by atoms with Crippen molar-refractivity contribution in [3.8, 4) is 5.69 Å². The third-order valence-electron chi connectivity index (χ3n) is 5.71. The second-order valence-corrected chi connectivity index (χ2v) is 8.05. The maximum Gasteiger partial charge on any atom is 0.253 e. The van der Waals surface area contributed by atoms with Gasteiger partial charge in [-0.1, -0.05) is 11.6 Å². The Hall–Kier alpha value is -1.89. The first-order valence-corrected chi connectivity index (χ1v) is 10.4. The van der Waals surface area contributed by atoms with Crippen LogP contribution in [0.4, 0.5) is 0 Å². The minimum Gasteiger partial charge on any atom is -0.377 e. The molecule has 1 aromatic carbocycles. The predicted molar refractivity (Wildman–Crippen MR) is 109 cm³/mol. The summed E-state index contributed by atoms with van der Waals surface area (Å²) in [6.45, 7) is 9.06. The average Bonchev–Trinajstić information content (AvgIpc) is 3.32. The second kappa shape index (κ2) is 8.23. The summed E-state index contributed by atoms with van der Waals surface area (Å²) < 4.78 is 7.54. The molecule has 0 bridgehead atoms. The van der Waals surface area contributed by atoms with Crippen LogP contribution in [0.15, 0.2) is 24.3 Å². The summed E-state index contributed by atoms with van der Waals surface area (Å²) in [6, 6.07) is 7.61. The second-order valence-electron chi connectivity index (χ2n) is 7.67. The summed E-state index contributed by atoms with van der Waals surface area (Å²) in [5.41, 5.74) is 3.33. The molecule has 0 aliphatic carbocycles. The van der Waals surface area contributed by atoms with E-state index < -0.39 is 0 Å². The predicted octanol–water partition coefficient (Wildman–Crippen LogP) is 3.08. The molecule has 2 aliphatic rings. The molecule has 2 aliphatic heterocycles. The van der Waals surface area contributed by atoms with Crippen LogP contribution >= 0.6 is 11.6 Å². The standard InChI is InChI=1S/C21H27ClN4O2/c1-15-20(22)16(2)26(23-15)18-7-5-17(6-8-18)21(27)25-11-9-24(10-12-25)14-19-4-3-13-28-19/h5-8,19H,3-4,9-14H2,1-2H3. The van der Waals surface area contributed by atoms with Crippen molar-refractivity contribution in [2.24, 2.45) is 0 Å². The van der Waals surface area contributed by atoms with Crippen LogP contribution in [0.5, 0.6) is 0 Å². The molecule has 7 heteroatoms. The van der Waals surface area contributed by atoms with Gasteiger partial charge >= 0.3 is 0 Å². The van der Waals surface area contributed by atoms with Gasteiger partial charge in [0.1, 0.15) is 0 Å². The molecule has 3 heterocycles. The van der Waals surface area contributed by atoms with Crippen LogP contribution in [0.3, 0.4) is 0 Å². The lowest BCUT2D eigenvalue weighted by molar-refractivity contribution is 0.0433. The smallest absolute Gasteiger partial charge is 0.253 e. The molecule has 1 amide bonds. The molecule has 0 N–H and O–H groups in total. The quantitative estimate of drug-likeness (QED) is 0.788. The number of ether oxygens (including phenoxy) is 1. The Morgan fingerprint density at radius 2 is 1.89 bits per heavy atom. The van der Waals surface area contributed by atoms with Crippen molar-refractivity contribution in [3.63, 3.8) is 0 Å². The Bertz CT molecular complexity index is 835. The van der Waals surface area contributed by atoms with E-state index in [-0.39, 0.29) is 5.91 Å². The Balaban J connectivity index is 1.37. The fraction of sp³-hybridized carbons (Fsp3) is 0.524. The van der Waals surface area contributed by atoms with Crippen LogP contribution in [0, 0.1) is 13.8 Å². The number of piperazine rings is 1. The molecule has 1 atom stereocenters. The molecule has 28 heavy (non-hydrogen) atoms. The van der Waals surface area contributed by atoms with E-state index >= 15 is 0 Å². The number of hydrogen-bond donors (Lipinski definition) is 0. The Kier molecular flexibility index (Phi) is 5.71. The molecule has 2 saturated heterocycles. The molecule has 6 nitrogen and oxygen atoms in total. The number of halogens is 1. The van der Waals surface area contributed by atoms with Crippen molar-refractivity contribution < 1.29 is 9.53 Å². The minimum atomic E-state index is 0.0923. The first kappa shape index (κ1) is 19.4. The summed E-state index contributed by atoms with van der Waals surface area (Å²) in [5.74, 6) is 0.0923. The number of hydrogen-bond acceptors (Lipinski definition) is 4. The van der Waals surface area contributed by atoms with Crippen molar-refractivity contribution in [2.45, 2.75) is 32.8 Å². The molecular formula is C21H27ClN4O2. The Morgan fingerprint density at radius 3 is 2.46 bits per heavy atom. The molecule has 4 rings (SSSR count). The normalized spacial score (nSPS) is 20.7. The summed E-state index contributed by atoms with van der Waals surface area (Å²) in [5, 5.41) is 5.15. The number of carbonyl (C=O) groups is 1. The van der Waals surface area contributed by atoms with Gasteiger partial charge in [-0.15, -0.1) is 0 Å². The fourth-order valence-corrected chi connectivity index (χ4v) is 4.13. The molecule has 1 aromatic heterocycles. The van der Waals surface area contributed by atoms with E-state index in [0.29, 0.717) is 16.7 Å². The van der Waals surface area contributed by atoms with Gasteiger partial charge in [0.2, 0.25) is 0 Å². The third-order valence-corrected chi connectivity index (χ3v) is 6.25. The van der Waals surface area contributed by atoms with Crippen molar-refractivity contribution >= 4 is 17.5 Å². The minimum absolute atomic E-state index is 0.0923. The molecule has 0 saturated carbocycles. The number of carbonyl (C=O) groups excluding carboxylic acids is 1. The Morgan fingerprint density at radius 1 is 1.18 bits per heavy atom.